The van der Waals surface area contributed by atoms with Gasteiger partial charge in [0.15, 0.2) is 5.60 Å². The first-order valence-electron chi connectivity index (χ1n) is 11.5. The van der Waals surface area contributed by atoms with Crippen LogP contribution in [0.4, 0.5) is 0 Å². The Morgan fingerprint density at radius 3 is 1.84 bits per heavy atom. The Balaban J connectivity index is 1.87. The number of carbonyl (C=O) groups is 4. The number of aromatic hydroxyl groups is 2. The minimum absolute atomic E-state index is 0.0396. The largest absolute Gasteiger partial charge is 0.508 e. The lowest BCUT2D eigenvalue weighted by Gasteiger charge is -2.36. The fraction of sp³-hybridized carbons (Fsp3) is 0.185. The SMILES string of the molecule is O=C(O)CCc1cc2c(c(C(=O)O)c1CCC(=O)O)C(=O)OC21c2ccc(O)cc2Oc2cc(O)ccc21. The predicted octanol–water partition coefficient (Wildman–Crippen LogP) is 3.40. The van der Waals surface area contributed by atoms with Crippen molar-refractivity contribution < 1.29 is 54.2 Å². The normalized spacial score (nSPS) is 14.2. The highest BCUT2D eigenvalue weighted by molar-refractivity contribution is 6.08. The molecule has 38 heavy (non-hydrogen) atoms. The minimum atomic E-state index is -1.76. The summed E-state index contributed by atoms with van der Waals surface area (Å²) in [5, 5.41) is 48.9. The van der Waals surface area contributed by atoms with Crippen LogP contribution >= 0.6 is 0 Å². The van der Waals surface area contributed by atoms with Gasteiger partial charge in [-0.2, -0.15) is 0 Å². The topological polar surface area (TPSA) is 188 Å². The van der Waals surface area contributed by atoms with Crippen molar-refractivity contribution in [3.63, 3.8) is 0 Å². The summed E-state index contributed by atoms with van der Waals surface area (Å²) in [4.78, 5) is 48.7. The number of carbonyl (C=O) groups excluding carboxylic acids is 1. The molecule has 0 saturated heterocycles. The summed E-state index contributed by atoms with van der Waals surface area (Å²) in [6.45, 7) is 0. The van der Waals surface area contributed by atoms with Crippen LogP contribution in [-0.4, -0.2) is 49.4 Å². The van der Waals surface area contributed by atoms with Crippen LogP contribution in [0, 0.1) is 0 Å². The van der Waals surface area contributed by atoms with E-state index in [9.17, 15) is 44.7 Å². The minimum Gasteiger partial charge on any atom is -0.508 e. The highest BCUT2D eigenvalue weighted by Gasteiger charge is 2.55. The number of benzene rings is 3. The summed E-state index contributed by atoms with van der Waals surface area (Å²) < 4.78 is 11.8. The summed E-state index contributed by atoms with van der Waals surface area (Å²) in [5.74, 6) is -4.99. The molecule has 0 aromatic heterocycles. The van der Waals surface area contributed by atoms with Crippen LogP contribution in [0.2, 0.25) is 0 Å². The molecule has 3 aromatic rings. The van der Waals surface area contributed by atoms with Gasteiger partial charge in [0.25, 0.3) is 0 Å². The first-order valence-corrected chi connectivity index (χ1v) is 11.5. The second-order valence-electron chi connectivity index (χ2n) is 8.94. The number of hydrogen-bond acceptors (Lipinski definition) is 8. The van der Waals surface area contributed by atoms with Crippen molar-refractivity contribution in [1.82, 2.24) is 0 Å². The van der Waals surface area contributed by atoms with Crippen LogP contribution in [0.5, 0.6) is 23.0 Å². The van der Waals surface area contributed by atoms with Crippen molar-refractivity contribution in [1.29, 1.82) is 0 Å². The number of esters is 1. The van der Waals surface area contributed by atoms with Gasteiger partial charge in [0, 0.05) is 41.7 Å². The van der Waals surface area contributed by atoms with Crippen LogP contribution < -0.4 is 4.74 Å². The lowest BCUT2D eigenvalue weighted by atomic mass is 9.75. The predicted molar refractivity (Wildman–Crippen MR) is 127 cm³/mol. The average molecular weight is 520 g/mol. The highest BCUT2D eigenvalue weighted by Crippen LogP contribution is 2.58. The molecule has 2 heterocycles. The van der Waals surface area contributed by atoms with E-state index in [1.54, 1.807) is 0 Å². The second kappa shape index (κ2) is 8.80. The van der Waals surface area contributed by atoms with E-state index in [2.05, 4.69) is 0 Å². The van der Waals surface area contributed by atoms with E-state index in [0.717, 1.165) is 0 Å². The molecule has 0 atom stereocenters. The third-order valence-electron chi connectivity index (χ3n) is 6.68. The number of aromatic carboxylic acids is 1. The van der Waals surface area contributed by atoms with E-state index in [0.29, 0.717) is 0 Å². The third-order valence-corrected chi connectivity index (χ3v) is 6.68. The van der Waals surface area contributed by atoms with E-state index < -0.39 is 41.5 Å². The molecule has 0 amide bonds. The molecule has 2 aliphatic rings. The third kappa shape index (κ3) is 3.76. The average Bonchev–Trinajstić information content (AvgIpc) is 3.12. The summed E-state index contributed by atoms with van der Waals surface area (Å²) in [5.41, 5.74) is -1.60. The van der Waals surface area contributed by atoms with Crippen molar-refractivity contribution in [2.45, 2.75) is 31.3 Å². The van der Waals surface area contributed by atoms with Gasteiger partial charge in [-0.15, -0.1) is 0 Å². The molecule has 0 fully saturated rings. The monoisotopic (exact) mass is 520 g/mol. The Bertz CT molecular complexity index is 1500. The molecule has 11 heteroatoms. The summed E-state index contributed by atoms with van der Waals surface area (Å²) in [6.07, 6.45) is -1.21. The number of rotatable bonds is 7. The molecule has 3 aromatic carbocycles. The standard InChI is InChI=1S/C27H20O11/c28-13-2-5-16-19(10-13)37-20-11-14(29)3-6-17(20)27(16)18-9-12(1-7-21(30)31)15(4-8-22(32)33)23(25(34)35)24(18)26(36)38-27/h2-3,5-6,9-11,28-29H,1,4,7-8H2,(H,30,31)(H,32,33)(H,34,35). The highest BCUT2D eigenvalue weighted by atomic mass is 16.6. The van der Waals surface area contributed by atoms with Crippen molar-refractivity contribution in [3.8, 4) is 23.0 Å². The number of carboxylic acids is 3. The van der Waals surface area contributed by atoms with E-state index in [1.165, 1.54) is 42.5 Å². The molecule has 0 radical (unpaired) electrons. The van der Waals surface area contributed by atoms with Gasteiger partial charge < -0.3 is 35.0 Å². The molecule has 5 N–H and O–H groups in total. The Labute approximate surface area is 214 Å². The Morgan fingerprint density at radius 1 is 0.763 bits per heavy atom. The van der Waals surface area contributed by atoms with E-state index >= 15 is 0 Å². The van der Waals surface area contributed by atoms with Crippen molar-refractivity contribution >= 4 is 23.9 Å². The maximum absolute atomic E-state index is 13.4. The molecule has 0 unspecified atom stereocenters. The first kappa shape index (κ1) is 24.6. The van der Waals surface area contributed by atoms with Gasteiger partial charge in [0.1, 0.15) is 23.0 Å². The van der Waals surface area contributed by atoms with Crippen LogP contribution in [0.3, 0.4) is 0 Å². The van der Waals surface area contributed by atoms with E-state index in [1.807, 2.05) is 0 Å². The number of fused-ring (bicyclic) bond motifs is 6. The molecular formula is C27H20O11. The zero-order valence-corrected chi connectivity index (χ0v) is 19.6. The van der Waals surface area contributed by atoms with Gasteiger partial charge in [-0.05, 0) is 54.3 Å². The molecule has 194 valence electrons. The number of carboxylic acid groups (broad SMARTS) is 3. The molecule has 0 bridgehead atoms. The van der Waals surface area contributed by atoms with E-state index in [-0.39, 0.29) is 75.6 Å². The Kier molecular flexibility index (Phi) is 5.70. The van der Waals surface area contributed by atoms with Gasteiger partial charge in [-0.1, -0.05) is 0 Å². The number of hydrogen-bond donors (Lipinski definition) is 5. The maximum atomic E-state index is 13.4. The summed E-state index contributed by atoms with van der Waals surface area (Å²) >= 11 is 0. The Morgan fingerprint density at radius 2 is 1.32 bits per heavy atom. The molecule has 1 spiro atoms. The fourth-order valence-electron chi connectivity index (χ4n) is 5.17. The number of aliphatic carboxylic acids is 2. The fourth-order valence-corrected chi connectivity index (χ4v) is 5.17. The smallest absolute Gasteiger partial charge is 0.341 e. The maximum Gasteiger partial charge on any atom is 0.341 e. The lowest BCUT2D eigenvalue weighted by molar-refractivity contribution is -0.138. The lowest BCUT2D eigenvalue weighted by Crippen LogP contribution is -2.33. The van der Waals surface area contributed by atoms with Gasteiger partial charge in [0.2, 0.25) is 0 Å². The van der Waals surface area contributed by atoms with Gasteiger partial charge in [0.05, 0.1) is 11.1 Å². The Hall–Kier alpha value is -5.06. The number of phenolic OH excluding ortho intramolecular Hbond substituents is 2. The van der Waals surface area contributed by atoms with Crippen LogP contribution in [0.15, 0.2) is 42.5 Å². The molecule has 2 aliphatic heterocycles. The van der Waals surface area contributed by atoms with Gasteiger partial charge in [-0.3, -0.25) is 9.59 Å². The molecule has 5 rings (SSSR count). The van der Waals surface area contributed by atoms with Gasteiger partial charge in [-0.25, -0.2) is 9.59 Å². The molecule has 0 aliphatic carbocycles. The van der Waals surface area contributed by atoms with Crippen molar-refractivity contribution in [2.75, 3.05) is 0 Å². The first-order chi connectivity index (χ1) is 18.0. The molecule has 11 nitrogen and oxygen atoms in total. The summed E-state index contributed by atoms with van der Waals surface area (Å²) in [6, 6.07) is 9.63. The molecule has 0 saturated carbocycles. The van der Waals surface area contributed by atoms with Crippen molar-refractivity contribution in [2.24, 2.45) is 0 Å². The van der Waals surface area contributed by atoms with E-state index in [4.69, 9.17) is 9.47 Å². The van der Waals surface area contributed by atoms with Crippen LogP contribution in [-0.2, 0) is 32.8 Å². The second-order valence-corrected chi connectivity index (χ2v) is 8.94. The van der Waals surface area contributed by atoms with Crippen molar-refractivity contribution in [3.05, 3.63) is 81.4 Å². The number of ether oxygens (including phenoxy) is 2. The van der Waals surface area contributed by atoms with Gasteiger partial charge >= 0.3 is 23.9 Å². The zero-order valence-electron chi connectivity index (χ0n) is 19.6. The number of aryl methyl sites for hydroxylation is 1. The zero-order chi connectivity index (χ0) is 27.4. The van der Waals surface area contributed by atoms with Crippen LogP contribution in [0.25, 0.3) is 0 Å². The number of phenols is 2. The quantitative estimate of drug-likeness (QED) is 0.287. The summed E-state index contributed by atoms with van der Waals surface area (Å²) in [7, 11) is 0. The molecular weight excluding hydrogens is 500 g/mol. The van der Waals surface area contributed by atoms with Crippen LogP contribution in [0.1, 0.15) is 61.4 Å².